The third-order valence-electron chi connectivity index (χ3n) is 12.7. The second-order valence-corrected chi connectivity index (χ2v) is 20.4. The van der Waals surface area contributed by atoms with Crippen LogP contribution in [0.2, 0.25) is 13.1 Å². The highest BCUT2D eigenvalue weighted by Crippen LogP contribution is 2.59. The van der Waals surface area contributed by atoms with E-state index >= 15 is 0 Å². The van der Waals surface area contributed by atoms with Crippen LogP contribution in [0.3, 0.4) is 0 Å². The Balaban J connectivity index is 1.18. The first kappa shape index (κ1) is 33.6. The molecule has 9 aromatic rings. The fraction of sp³-hybridized carbons (Fsp3) is 0.0545. The van der Waals surface area contributed by atoms with E-state index in [9.17, 15) is 0 Å². The number of rotatable bonds is 6. The van der Waals surface area contributed by atoms with Crippen LogP contribution >= 0.6 is 0 Å². The topological polar surface area (TPSA) is 3.24 Å². The SMILES string of the molecule is C[Si]1(C)c2ccccc2-c2ccc(N(c3ccc(-c4ccccc4)cc3)c3ccc4c(c3)C(c3ccccc3)(c3ccccc3)c3c-4ccc4ccccc34)cc21. The van der Waals surface area contributed by atoms with Gasteiger partial charge in [-0.15, -0.1) is 0 Å². The average Bonchev–Trinajstić information content (AvgIpc) is 3.70. The van der Waals surface area contributed by atoms with Crippen LogP contribution in [-0.4, -0.2) is 8.07 Å². The van der Waals surface area contributed by atoms with Crippen molar-refractivity contribution in [1.29, 1.82) is 0 Å². The Morgan fingerprint density at radius 2 is 0.912 bits per heavy atom. The molecular weight excluding hydrogens is 703 g/mol. The van der Waals surface area contributed by atoms with Gasteiger partial charge in [0, 0.05) is 17.1 Å². The van der Waals surface area contributed by atoms with E-state index in [0.717, 1.165) is 11.4 Å². The molecule has 2 heteroatoms. The zero-order valence-electron chi connectivity index (χ0n) is 32.2. The number of hydrogen-bond acceptors (Lipinski definition) is 1. The maximum Gasteiger partial charge on any atom is 0.113 e. The Labute approximate surface area is 336 Å². The molecule has 11 rings (SSSR count). The first-order valence-corrected chi connectivity index (χ1v) is 23.0. The van der Waals surface area contributed by atoms with Crippen LogP contribution in [-0.2, 0) is 5.41 Å². The molecule has 1 aliphatic carbocycles. The lowest BCUT2D eigenvalue weighted by Gasteiger charge is -2.35. The van der Waals surface area contributed by atoms with Crippen molar-refractivity contribution in [3.8, 4) is 33.4 Å². The highest BCUT2D eigenvalue weighted by molar-refractivity contribution is 7.03. The maximum absolute atomic E-state index is 2.51. The maximum atomic E-state index is 2.51. The molecule has 2 aliphatic rings. The van der Waals surface area contributed by atoms with Gasteiger partial charge >= 0.3 is 0 Å². The average molecular weight is 744 g/mol. The quantitative estimate of drug-likeness (QED) is 0.153. The van der Waals surface area contributed by atoms with Crippen LogP contribution in [0.1, 0.15) is 22.3 Å². The first-order chi connectivity index (χ1) is 28.0. The number of anilines is 3. The third-order valence-corrected chi connectivity index (χ3v) is 16.3. The molecular formula is C55H41NSi. The van der Waals surface area contributed by atoms with E-state index in [2.05, 4.69) is 230 Å². The molecule has 0 N–H and O–H groups in total. The standard InChI is InChI=1S/C55H41NSi/c1-57(2)52-25-15-14-24-48(52)49-35-32-45(37-53(49)57)56(43-29-26-39(27-30-43)38-16-6-3-7-17-38)44-31-34-47-50-33-28-40-18-12-13-23-46(40)54(50)55(51(47)36-44,41-19-8-4-9-20-41)42-21-10-5-11-22-42/h3-37H,1-2H3. The van der Waals surface area contributed by atoms with Gasteiger partial charge in [0.1, 0.15) is 8.07 Å². The summed E-state index contributed by atoms with van der Waals surface area (Å²) in [6, 6.07) is 79.2. The summed E-state index contributed by atoms with van der Waals surface area (Å²) < 4.78 is 0. The van der Waals surface area contributed by atoms with Crippen molar-refractivity contribution in [2.75, 3.05) is 4.90 Å². The molecule has 0 amide bonds. The molecule has 1 aliphatic heterocycles. The zero-order chi connectivity index (χ0) is 38.1. The predicted molar refractivity (Wildman–Crippen MR) is 244 cm³/mol. The Bertz CT molecular complexity index is 2930. The van der Waals surface area contributed by atoms with Crippen LogP contribution in [0.25, 0.3) is 44.2 Å². The summed E-state index contributed by atoms with van der Waals surface area (Å²) in [6.45, 7) is 5.01. The fourth-order valence-electron chi connectivity index (χ4n) is 10.1. The summed E-state index contributed by atoms with van der Waals surface area (Å²) in [6.07, 6.45) is 0. The largest absolute Gasteiger partial charge is 0.310 e. The van der Waals surface area contributed by atoms with Gasteiger partial charge in [-0.3, -0.25) is 0 Å². The molecule has 270 valence electrons. The van der Waals surface area contributed by atoms with Crippen molar-refractivity contribution < 1.29 is 0 Å². The van der Waals surface area contributed by atoms with Crippen molar-refractivity contribution in [2.24, 2.45) is 0 Å². The molecule has 0 aromatic heterocycles. The van der Waals surface area contributed by atoms with Gasteiger partial charge in [0.15, 0.2) is 0 Å². The van der Waals surface area contributed by atoms with Gasteiger partial charge in [-0.1, -0.05) is 189 Å². The van der Waals surface area contributed by atoms with Crippen LogP contribution in [0.4, 0.5) is 17.1 Å². The van der Waals surface area contributed by atoms with E-state index in [1.54, 1.807) is 0 Å². The van der Waals surface area contributed by atoms with Gasteiger partial charge in [-0.05, 0) is 113 Å². The van der Waals surface area contributed by atoms with Gasteiger partial charge in [0.05, 0.1) is 5.41 Å². The highest BCUT2D eigenvalue weighted by atomic mass is 28.3. The lowest BCUT2D eigenvalue weighted by atomic mass is 9.66. The van der Waals surface area contributed by atoms with Crippen LogP contribution in [0.5, 0.6) is 0 Å². The molecule has 0 saturated heterocycles. The molecule has 0 unspecified atom stereocenters. The van der Waals surface area contributed by atoms with Gasteiger partial charge in [0.2, 0.25) is 0 Å². The molecule has 1 heterocycles. The van der Waals surface area contributed by atoms with Gasteiger partial charge < -0.3 is 4.90 Å². The Morgan fingerprint density at radius 1 is 0.386 bits per heavy atom. The summed E-state index contributed by atoms with van der Waals surface area (Å²) in [5.41, 5.74) is 15.9. The Hall–Kier alpha value is -6.74. The van der Waals surface area contributed by atoms with E-state index in [1.165, 1.54) is 82.5 Å². The van der Waals surface area contributed by atoms with E-state index in [1.807, 2.05) is 0 Å². The molecule has 57 heavy (non-hydrogen) atoms. The van der Waals surface area contributed by atoms with Crippen LogP contribution in [0, 0.1) is 0 Å². The summed E-state index contributed by atoms with van der Waals surface area (Å²) >= 11 is 0. The predicted octanol–water partition coefficient (Wildman–Crippen LogP) is 13.1. The van der Waals surface area contributed by atoms with Crippen LogP contribution < -0.4 is 15.3 Å². The Kier molecular flexibility index (Phi) is 7.61. The monoisotopic (exact) mass is 743 g/mol. The molecule has 0 radical (unpaired) electrons. The number of hydrogen-bond donors (Lipinski definition) is 0. The van der Waals surface area contributed by atoms with Crippen molar-refractivity contribution in [1.82, 2.24) is 0 Å². The smallest absolute Gasteiger partial charge is 0.113 e. The fourth-order valence-corrected chi connectivity index (χ4v) is 13.2. The van der Waals surface area contributed by atoms with E-state index in [4.69, 9.17) is 0 Å². The molecule has 0 atom stereocenters. The van der Waals surface area contributed by atoms with E-state index in [-0.39, 0.29) is 0 Å². The molecule has 1 nitrogen and oxygen atoms in total. The van der Waals surface area contributed by atoms with Crippen molar-refractivity contribution in [3.63, 3.8) is 0 Å². The normalized spacial score (nSPS) is 14.1. The van der Waals surface area contributed by atoms with Crippen molar-refractivity contribution in [2.45, 2.75) is 18.5 Å². The minimum absolute atomic E-state index is 0.540. The van der Waals surface area contributed by atoms with E-state index in [0.29, 0.717) is 0 Å². The highest BCUT2D eigenvalue weighted by Gasteiger charge is 2.47. The third kappa shape index (κ3) is 5.00. The summed E-state index contributed by atoms with van der Waals surface area (Å²) in [7, 11) is -1.94. The lowest BCUT2D eigenvalue weighted by Crippen LogP contribution is -2.49. The second kappa shape index (κ2) is 12.9. The van der Waals surface area contributed by atoms with E-state index < -0.39 is 13.5 Å². The van der Waals surface area contributed by atoms with Gasteiger partial charge in [-0.25, -0.2) is 0 Å². The van der Waals surface area contributed by atoms with Crippen molar-refractivity contribution >= 4 is 46.3 Å². The first-order valence-electron chi connectivity index (χ1n) is 20.0. The number of nitrogens with zero attached hydrogens (tertiary/aromatic N) is 1. The minimum Gasteiger partial charge on any atom is -0.310 e. The summed E-state index contributed by atoms with van der Waals surface area (Å²) in [5, 5.41) is 5.56. The van der Waals surface area contributed by atoms with Gasteiger partial charge in [-0.2, -0.15) is 0 Å². The molecule has 0 fully saturated rings. The molecule has 0 bridgehead atoms. The van der Waals surface area contributed by atoms with Gasteiger partial charge in [0.25, 0.3) is 0 Å². The van der Waals surface area contributed by atoms with Crippen molar-refractivity contribution in [3.05, 3.63) is 235 Å². The Morgan fingerprint density at radius 3 is 1.63 bits per heavy atom. The molecule has 9 aromatic carbocycles. The van der Waals surface area contributed by atoms with Crippen LogP contribution in [0.15, 0.2) is 212 Å². The summed E-state index contributed by atoms with van der Waals surface area (Å²) in [4.78, 5) is 2.49. The number of fused-ring (bicyclic) bond motifs is 8. The molecule has 0 spiro atoms. The summed E-state index contributed by atoms with van der Waals surface area (Å²) in [5.74, 6) is 0. The second-order valence-electron chi connectivity index (χ2n) is 16.1. The zero-order valence-corrected chi connectivity index (χ0v) is 33.2. The minimum atomic E-state index is -1.94. The molecule has 0 saturated carbocycles. The number of benzene rings is 9. The lowest BCUT2D eigenvalue weighted by molar-refractivity contribution is 0.775.